The van der Waals surface area contributed by atoms with Crippen LogP contribution in [-0.4, -0.2) is 53.0 Å². The van der Waals surface area contributed by atoms with Gasteiger partial charge in [0.2, 0.25) is 5.91 Å². The molecule has 0 radical (unpaired) electrons. The molecule has 0 saturated heterocycles. The number of benzene rings is 2. The van der Waals surface area contributed by atoms with Crippen LogP contribution in [0.2, 0.25) is 0 Å². The highest BCUT2D eigenvalue weighted by Crippen LogP contribution is 2.28. The minimum Gasteiger partial charge on any atom is -0.493 e. The first-order chi connectivity index (χ1) is 15.7. The molecule has 8 nitrogen and oxygen atoms in total. The van der Waals surface area contributed by atoms with Gasteiger partial charge in [0, 0.05) is 20.6 Å². The van der Waals surface area contributed by atoms with E-state index >= 15 is 0 Å². The summed E-state index contributed by atoms with van der Waals surface area (Å²) in [6.45, 7) is 2.46. The molecule has 33 heavy (non-hydrogen) atoms. The van der Waals surface area contributed by atoms with Crippen LogP contribution in [0.3, 0.4) is 0 Å². The maximum Gasteiger partial charge on any atom is 0.279 e. The number of rotatable bonds is 12. The average molecular weight is 474 g/mol. The number of nitrogens with zero attached hydrogens (tertiary/aromatic N) is 1. The molecule has 0 aliphatic carbocycles. The Morgan fingerprint density at radius 2 is 1.79 bits per heavy atom. The van der Waals surface area contributed by atoms with Crippen molar-refractivity contribution >= 4 is 16.1 Å². The predicted octanol–water partition coefficient (Wildman–Crippen LogP) is 2.07. The van der Waals surface area contributed by atoms with E-state index < -0.39 is 22.2 Å². The Labute approximate surface area is 196 Å². The molecule has 2 aromatic carbocycles. The first-order valence-electron chi connectivity index (χ1n) is 10.5. The Balaban J connectivity index is 2.11. The molecule has 2 N–H and O–H groups in total. The van der Waals surface area contributed by atoms with Crippen LogP contribution in [0.1, 0.15) is 29.7 Å². The van der Waals surface area contributed by atoms with Crippen LogP contribution < -0.4 is 19.5 Å². The highest BCUT2D eigenvalue weighted by atomic mass is 32.2. The van der Waals surface area contributed by atoms with Crippen LogP contribution in [0, 0.1) is 12.3 Å². The molecular weight excluding hydrogens is 442 g/mol. The highest BCUT2D eigenvalue weighted by Gasteiger charge is 2.27. The lowest BCUT2D eigenvalue weighted by Crippen LogP contribution is -2.45. The minimum absolute atomic E-state index is 0.134. The topological polar surface area (TPSA) is 97.0 Å². The van der Waals surface area contributed by atoms with E-state index in [1.54, 1.807) is 18.2 Å². The van der Waals surface area contributed by atoms with Gasteiger partial charge in [-0.1, -0.05) is 43.2 Å². The summed E-state index contributed by atoms with van der Waals surface area (Å²) in [5, 5.41) is 2.82. The van der Waals surface area contributed by atoms with Crippen molar-refractivity contribution in [3.63, 3.8) is 0 Å². The molecule has 178 valence electrons. The summed E-state index contributed by atoms with van der Waals surface area (Å²) < 4.78 is 39.1. The van der Waals surface area contributed by atoms with Crippen molar-refractivity contribution in [2.24, 2.45) is 0 Å². The predicted molar refractivity (Wildman–Crippen MR) is 128 cm³/mol. The Bertz CT molecular complexity index is 1080. The van der Waals surface area contributed by atoms with Gasteiger partial charge in [0.15, 0.2) is 11.5 Å². The lowest BCUT2D eigenvalue weighted by atomic mass is 10.0. The number of ether oxygens (including phenoxy) is 2. The first-order valence-corrected chi connectivity index (χ1v) is 11.9. The van der Waals surface area contributed by atoms with E-state index in [1.165, 1.54) is 21.2 Å². The molecule has 1 unspecified atom stereocenters. The maximum absolute atomic E-state index is 13.0. The summed E-state index contributed by atoms with van der Waals surface area (Å²) in [6, 6.07) is 11.7. The Hall–Kier alpha value is -3.06. The van der Waals surface area contributed by atoms with Crippen molar-refractivity contribution in [3.05, 3.63) is 59.2 Å². The van der Waals surface area contributed by atoms with Gasteiger partial charge in [0.25, 0.3) is 10.2 Å². The minimum atomic E-state index is -3.83. The quantitative estimate of drug-likeness (QED) is 0.460. The van der Waals surface area contributed by atoms with Gasteiger partial charge in [-0.2, -0.15) is 17.4 Å². The zero-order chi connectivity index (χ0) is 24.4. The summed E-state index contributed by atoms with van der Waals surface area (Å²) in [6.07, 6.45) is 6.58. The van der Waals surface area contributed by atoms with Crippen LogP contribution in [0.4, 0.5) is 0 Å². The van der Waals surface area contributed by atoms with Gasteiger partial charge in [-0.25, -0.2) is 0 Å². The first kappa shape index (κ1) is 26.2. The number of carbonyl (C=O) groups is 1. The number of hydrogen-bond donors (Lipinski definition) is 2. The molecule has 2 rings (SSSR count). The normalized spacial score (nSPS) is 12.1. The number of hydrogen-bond acceptors (Lipinski definition) is 5. The maximum atomic E-state index is 13.0. The van der Waals surface area contributed by atoms with Gasteiger partial charge in [-0.05, 0) is 41.7 Å². The van der Waals surface area contributed by atoms with Crippen LogP contribution in [0.5, 0.6) is 11.5 Å². The second kappa shape index (κ2) is 12.3. The van der Waals surface area contributed by atoms with Gasteiger partial charge in [0.05, 0.1) is 7.11 Å². The molecule has 2 aromatic rings. The second-order valence-corrected chi connectivity index (χ2v) is 9.37. The molecule has 1 atom stereocenters. The zero-order valence-electron chi connectivity index (χ0n) is 19.4. The van der Waals surface area contributed by atoms with Gasteiger partial charge < -0.3 is 14.8 Å². The molecule has 0 aromatic heterocycles. The van der Waals surface area contributed by atoms with Gasteiger partial charge in [0.1, 0.15) is 12.6 Å². The molecule has 0 bridgehead atoms. The Kier molecular flexibility index (Phi) is 9.73. The highest BCUT2D eigenvalue weighted by molar-refractivity contribution is 7.87. The fourth-order valence-corrected chi connectivity index (χ4v) is 3.76. The fraction of sp³-hybridized carbons (Fsp3) is 0.375. The van der Waals surface area contributed by atoms with Crippen molar-refractivity contribution in [2.75, 3.05) is 34.4 Å². The lowest BCUT2D eigenvalue weighted by molar-refractivity contribution is -0.122. The number of methoxy groups -OCH3 is 1. The summed E-state index contributed by atoms with van der Waals surface area (Å²) in [5.74, 6) is 3.05. The van der Waals surface area contributed by atoms with Crippen molar-refractivity contribution < 1.29 is 22.7 Å². The molecule has 0 aliphatic rings. The Morgan fingerprint density at radius 3 is 2.36 bits per heavy atom. The molecule has 0 aliphatic heterocycles. The van der Waals surface area contributed by atoms with Crippen LogP contribution in [0.15, 0.2) is 42.5 Å². The van der Waals surface area contributed by atoms with E-state index in [-0.39, 0.29) is 6.61 Å². The third-order valence-corrected chi connectivity index (χ3v) is 6.48. The zero-order valence-corrected chi connectivity index (χ0v) is 20.2. The third-order valence-electron chi connectivity index (χ3n) is 4.98. The van der Waals surface area contributed by atoms with Crippen LogP contribution in [0.25, 0.3) is 0 Å². The lowest BCUT2D eigenvalue weighted by Gasteiger charge is -2.21. The molecule has 0 fully saturated rings. The summed E-state index contributed by atoms with van der Waals surface area (Å²) in [5.41, 5.74) is 2.57. The number of nitrogens with one attached hydrogen (secondary N) is 2. The molecular formula is C24H31N3O5S. The van der Waals surface area contributed by atoms with E-state index in [4.69, 9.17) is 15.9 Å². The molecule has 0 heterocycles. The second-order valence-electron chi connectivity index (χ2n) is 7.45. The standard InChI is InChI=1S/C24H31N3O5S/c1-6-16-32-21-13-10-19(17-22(21)31-5)14-15-25-24(28)23(26-33(29,30)27(3)4)20-11-8-18(7-2)9-12-20/h1,8-13,17,23,26H,7,14-16H2,2-5H3,(H,25,28). The van der Waals surface area contributed by atoms with Gasteiger partial charge in [-0.15, -0.1) is 6.42 Å². The van der Waals surface area contributed by atoms with E-state index in [2.05, 4.69) is 16.0 Å². The van der Waals surface area contributed by atoms with E-state index in [0.717, 1.165) is 21.9 Å². The number of carbonyl (C=O) groups excluding carboxylic acids is 1. The van der Waals surface area contributed by atoms with Crippen molar-refractivity contribution in [2.45, 2.75) is 25.8 Å². The third kappa shape index (κ3) is 7.49. The average Bonchev–Trinajstić information content (AvgIpc) is 2.81. The van der Waals surface area contributed by atoms with E-state index in [1.807, 2.05) is 31.2 Å². The smallest absolute Gasteiger partial charge is 0.279 e. The Morgan fingerprint density at radius 1 is 1.12 bits per heavy atom. The van der Waals surface area contributed by atoms with Crippen molar-refractivity contribution in [1.82, 2.24) is 14.3 Å². The summed E-state index contributed by atoms with van der Waals surface area (Å²) in [4.78, 5) is 13.0. The van der Waals surface area contributed by atoms with Gasteiger partial charge >= 0.3 is 0 Å². The monoisotopic (exact) mass is 473 g/mol. The van der Waals surface area contributed by atoms with E-state index in [9.17, 15) is 13.2 Å². The van der Waals surface area contributed by atoms with Gasteiger partial charge in [-0.3, -0.25) is 4.79 Å². The molecule has 9 heteroatoms. The molecule has 0 spiro atoms. The van der Waals surface area contributed by atoms with Crippen LogP contribution in [-0.2, 0) is 27.8 Å². The molecule has 1 amide bonds. The van der Waals surface area contributed by atoms with E-state index in [0.29, 0.717) is 30.0 Å². The van der Waals surface area contributed by atoms with Crippen molar-refractivity contribution in [3.8, 4) is 23.8 Å². The fourth-order valence-electron chi connectivity index (χ4n) is 3.01. The number of amides is 1. The summed E-state index contributed by atoms with van der Waals surface area (Å²) in [7, 11) is 0.519. The van der Waals surface area contributed by atoms with Crippen molar-refractivity contribution in [1.29, 1.82) is 0 Å². The largest absolute Gasteiger partial charge is 0.493 e. The SMILES string of the molecule is C#CCOc1ccc(CCNC(=O)C(NS(=O)(=O)N(C)C)c2ccc(CC)cc2)cc1OC. The number of terminal acetylenes is 1. The number of aryl methyl sites for hydroxylation is 1. The van der Waals surface area contributed by atoms with Crippen LogP contribution >= 0.6 is 0 Å². The summed E-state index contributed by atoms with van der Waals surface area (Å²) >= 11 is 0. The molecule has 0 saturated carbocycles.